The van der Waals surface area contributed by atoms with Crippen molar-refractivity contribution in [2.75, 3.05) is 0 Å². The molecule has 0 bridgehead atoms. The minimum Gasteiger partial charge on any atom is -0.171 e. The van der Waals surface area contributed by atoms with Crippen LogP contribution in [0.3, 0.4) is 0 Å². The van der Waals surface area contributed by atoms with Crippen LogP contribution in [0, 0.1) is 5.92 Å². The van der Waals surface area contributed by atoms with Crippen LogP contribution in [0.2, 0.25) is 0 Å². The molecule has 4 heteroatoms. The van der Waals surface area contributed by atoms with Crippen LogP contribution in [0.4, 0.5) is 13.2 Å². The lowest BCUT2D eigenvalue weighted by atomic mass is 9.93. The molecule has 0 spiro atoms. The van der Waals surface area contributed by atoms with Crippen LogP contribution < -0.4 is 0 Å². The normalized spacial score (nSPS) is 15.9. The zero-order chi connectivity index (χ0) is 13.3. The zero-order valence-electron chi connectivity index (χ0n) is 10.8. The minimum atomic E-state index is -3.98. The molecular weight excluding hydrogens is 340 g/mol. The highest BCUT2D eigenvalue weighted by atomic mass is 127. The van der Waals surface area contributed by atoms with Gasteiger partial charge in [0.25, 0.3) is 0 Å². The number of halogens is 4. The van der Waals surface area contributed by atoms with Crippen LogP contribution >= 0.6 is 22.6 Å². The zero-order valence-corrected chi connectivity index (χ0v) is 13.0. The topological polar surface area (TPSA) is 0 Å². The maximum absolute atomic E-state index is 12.1. The molecule has 0 aliphatic heterocycles. The van der Waals surface area contributed by atoms with Crippen molar-refractivity contribution >= 4 is 22.6 Å². The summed E-state index contributed by atoms with van der Waals surface area (Å²) >= 11 is 2.34. The number of rotatable bonds is 9. The van der Waals surface area contributed by atoms with Crippen molar-refractivity contribution in [3.8, 4) is 0 Å². The van der Waals surface area contributed by atoms with E-state index in [-0.39, 0.29) is 6.42 Å². The number of hydrogen-bond acceptors (Lipinski definition) is 0. The van der Waals surface area contributed by atoms with Gasteiger partial charge in [-0.05, 0) is 25.2 Å². The molecule has 17 heavy (non-hydrogen) atoms. The van der Waals surface area contributed by atoms with Gasteiger partial charge in [-0.15, -0.1) is 0 Å². The van der Waals surface area contributed by atoms with Gasteiger partial charge in [-0.25, -0.2) is 0 Å². The summed E-state index contributed by atoms with van der Waals surface area (Å²) in [7, 11) is 0. The lowest BCUT2D eigenvalue weighted by molar-refractivity contribution is -0.136. The van der Waals surface area contributed by atoms with Crippen LogP contribution in [0.5, 0.6) is 0 Å². The Balaban J connectivity index is 3.75. The maximum atomic E-state index is 12.1. The van der Waals surface area contributed by atoms with Crippen LogP contribution in [0.15, 0.2) is 0 Å². The Morgan fingerprint density at radius 2 is 1.59 bits per heavy atom. The second kappa shape index (κ2) is 9.45. The molecule has 0 aromatic carbocycles. The Morgan fingerprint density at radius 1 is 1.00 bits per heavy atom. The molecule has 2 unspecified atom stereocenters. The van der Waals surface area contributed by atoms with Crippen LogP contribution in [-0.2, 0) is 0 Å². The summed E-state index contributed by atoms with van der Waals surface area (Å²) in [5, 5.41) is 0. The number of hydrogen-bond donors (Lipinski definition) is 0. The van der Waals surface area contributed by atoms with E-state index in [2.05, 4.69) is 36.4 Å². The molecule has 2 atom stereocenters. The summed E-state index contributed by atoms with van der Waals surface area (Å²) in [6, 6.07) is 0. The second-order valence-corrected chi connectivity index (χ2v) is 6.76. The molecule has 0 heterocycles. The largest absolute Gasteiger partial charge is 0.389 e. The highest BCUT2D eigenvalue weighted by Crippen LogP contribution is 2.29. The molecule has 104 valence electrons. The first-order chi connectivity index (χ1) is 7.87. The van der Waals surface area contributed by atoms with Gasteiger partial charge in [-0.3, -0.25) is 0 Å². The first-order valence-corrected chi connectivity index (χ1v) is 7.82. The SMILES string of the molecule is CCCCCCC(CCCC(F)(F)F)C(C)I. The molecular formula is C13H24F3I. The van der Waals surface area contributed by atoms with Crippen molar-refractivity contribution < 1.29 is 13.2 Å². The van der Waals surface area contributed by atoms with Crippen LogP contribution in [-0.4, -0.2) is 10.1 Å². The van der Waals surface area contributed by atoms with E-state index in [4.69, 9.17) is 0 Å². The fourth-order valence-electron chi connectivity index (χ4n) is 2.00. The third kappa shape index (κ3) is 11.3. The van der Waals surface area contributed by atoms with E-state index in [0.29, 0.717) is 9.84 Å². The molecule has 0 aliphatic carbocycles. The lowest BCUT2D eigenvalue weighted by Gasteiger charge is -2.20. The molecule has 0 N–H and O–H groups in total. The molecule has 0 aliphatic rings. The molecule has 0 rings (SSSR count). The summed E-state index contributed by atoms with van der Waals surface area (Å²) in [5.41, 5.74) is 0. The van der Waals surface area contributed by atoms with E-state index in [0.717, 1.165) is 19.3 Å². The summed E-state index contributed by atoms with van der Waals surface area (Å²) in [6.07, 6.45) is 2.31. The van der Waals surface area contributed by atoms with Gasteiger partial charge in [0.2, 0.25) is 0 Å². The van der Waals surface area contributed by atoms with E-state index in [9.17, 15) is 13.2 Å². The molecule has 0 amide bonds. The van der Waals surface area contributed by atoms with Gasteiger partial charge in [0.1, 0.15) is 0 Å². The molecule has 0 aromatic heterocycles. The van der Waals surface area contributed by atoms with Crippen molar-refractivity contribution in [2.45, 2.75) is 75.3 Å². The summed E-state index contributed by atoms with van der Waals surface area (Å²) in [4.78, 5) is 0. The van der Waals surface area contributed by atoms with Gasteiger partial charge in [-0.1, -0.05) is 62.1 Å². The van der Waals surface area contributed by atoms with E-state index in [1.807, 2.05) is 0 Å². The van der Waals surface area contributed by atoms with Gasteiger partial charge >= 0.3 is 6.18 Å². The molecule has 0 nitrogen and oxygen atoms in total. The summed E-state index contributed by atoms with van der Waals surface area (Å²) < 4.78 is 36.6. The predicted molar refractivity (Wildman–Crippen MR) is 75.6 cm³/mol. The van der Waals surface area contributed by atoms with Gasteiger partial charge in [-0.2, -0.15) is 13.2 Å². The molecule has 0 saturated heterocycles. The first kappa shape index (κ1) is 17.5. The van der Waals surface area contributed by atoms with E-state index >= 15 is 0 Å². The van der Waals surface area contributed by atoms with Crippen molar-refractivity contribution in [2.24, 2.45) is 5.92 Å². The summed E-state index contributed by atoms with van der Waals surface area (Å²) in [5.74, 6) is 0.454. The van der Waals surface area contributed by atoms with Gasteiger partial charge in [0.15, 0.2) is 0 Å². The molecule has 0 fully saturated rings. The van der Waals surface area contributed by atoms with Gasteiger partial charge in [0, 0.05) is 10.3 Å². The number of alkyl halides is 4. The van der Waals surface area contributed by atoms with Crippen LogP contribution in [0.25, 0.3) is 0 Å². The third-order valence-corrected chi connectivity index (χ3v) is 4.13. The molecule has 0 aromatic rings. The molecule has 0 radical (unpaired) electrons. The quantitative estimate of drug-likeness (QED) is 0.262. The fraction of sp³-hybridized carbons (Fsp3) is 1.00. The highest BCUT2D eigenvalue weighted by molar-refractivity contribution is 14.1. The van der Waals surface area contributed by atoms with Crippen molar-refractivity contribution in [3.63, 3.8) is 0 Å². The highest BCUT2D eigenvalue weighted by Gasteiger charge is 2.27. The average Bonchev–Trinajstić information content (AvgIpc) is 2.19. The predicted octanol–water partition coefficient (Wildman–Crippen LogP) is 6.13. The Labute approximate surface area is 117 Å². The van der Waals surface area contributed by atoms with Gasteiger partial charge in [0.05, 0.1) is 0 Å². The Hall–Kier alpha value is 0.520. The van der Waals surface area contributed by atoms with E-state index < -0.39 is 12.6 Å². The Morgan fingerprint density at radius 3 is 2.06 bits per heavy atom. The second-order valence-electron chi connectivity index (χ2n) is 4.79. The number of unbranched alkanes of at least 4 members (excludes halogenated alkanes) is 3. The standard InChI is InChI=1S/C13H24F3I/c1-3-4-5-6-8-12(11(2)17)9-7-10-13(14,15)16/h11-12H,3-10H2,1-2H3. The minimum absolute atomic E-state index is 0.287. The van der Waals surface area contributed by atoms with Gasteiger partial charge < -0.3 is 0 Å². The van der Waals surface area contributed by atoms with Crippen molar-refractivity contribution in [1.29, 1.82) is 0 Å². The fourth-order valence-corrected chi connectivity index (χ4v) is 2.72. The third-order valence-electron chi connectivity index (χ3n) is 3.11. The summed E-state index contributed by atoms with van der Waals surface area (Å²) in [6.45, 7) is 4.28. The maximum Gasteiger partial charge on any atom is 0.389 e. The smallest absolute Gasteiger partial charge is 0.171 e. The van der Waals surface area contributed by atoms with E-state index in [1.165, 1.54) is 19.3 Å². The monoisotopic (exact) mass is 364 g/mol. The van der Waals surface area contributed by atoms with Crippen molar-refractivity contribution in [3.05, 3.63) is 0 Å². The Kier molecular flexibility index (Phi) is 9.74. The lowest BCUT2D eigenvalue weighted by Crippen LogP contribution is -2.13. The first-order valence-electron chi connectivity index (χ1n) is 6.57. The Bertz CT molecular complexity index is 178. The van der Waals surface area contributed by atoms with Crippen LogP contribution in [0.1, 0.15) is 65.2 Å². The molecule has 0 saturated carbocycles. The average molecular weight is 364 g/mol. The van der Waals surface area contributed by atoms with Crippen molar-refractivity contribution in [1.82, 2.24) is 0 Å². The van der Waals surface area contributed by atoms with E-state index in [1.54, 1.807) is 0 Å².